The molecule has 2 N–H and O–H groups in total. The number of benzene rings is 1. The molecule has 0 aliphatic heterocycles. The van der Waals surface area contributed by atoms with E-state index in [2.05, 4.69) is 5.32 Å². The smallest absolute Gasteiger partial charge is 0.312 e. The second kappa shape index (κ2) is 5.89. The van der Waals surface area contributed by atoms with Crippen molar-refractivity contribution < 1.29 is 19.4 Å². The summed E-state index contributed by atoms with van der Waals surface area (Å²) < 4.78 is 5.11. The molecule has 0 unspecified atom stereocenters. The maximum Gasteiger partial charge on any atom is 0.312 e. The summed E-state index contributed by atoms with van der Waals surface area (Å²) in [7, 11) is 1.59. The number of hydrogen-bond acceptors (Lipinski definition) is 3. The van der Waals surface area contributed by atoms with Gasteiger partial charge in [-0.05, 0) is 24.1 Å². The van der Waals surface area contributed by atoms with E-state index >= 15 is 0 Å². The number of amides is 1. The number of hydrogen-bond donors (Lipinski definition) is 2. The number of carboxylic acids is 1. The summed E-state index contributed by atoms with van der Waals surface area (Å²) in [5.41, 5.74) is 1.87. The summed E-state index contributed by atoms with van der Waals surface area (Å²) in [5, 5.41) is 11.0. The lowest BCUT2D eigenvalue weighted by Crippen LogP contribution is -2.25. The third-order valence-corrected chi connectivity index (χ3v) is 2.26. The predicted molar refractivity (Wildman–Crippen MR) is 61.8 cm³/mol. The number of rotatable bonds is 5. The van der Waals surface area contributed by atoms with Crippen molar-refractivity contribution in [2.75, 3.05) is 7.11 Å². The molecule has 5 heteroatoms. The first-order chi connectivity index (χ1) is 8.02. The molecule has 0 spiro atoms. The third kappa shape index (κ3) is 4.14. The van der Waals surface area contributed by atoms with Gasteiger partial charge < -0.3 is 15.2 Å². The van der Waals surface area contributed by atoms with E-state index < -0.39 is 18.3 Å². The van der Waals surface area contributed by atoms with Gasteiger partial charge in [0.1, 0.15) is 12.2 Å². The van der Waals surface area contributed by atoms with E-state index in [1.807, 2.05) is 25.1 Å². The molecule has 0 bridgehead atoms. The highest BCUT2D eigenvalue weighted by molar-refractivity contribution is 5.93. The molecule has 0 aromatic heterocycles. The van der Waals surface area contributed by atoms with Gasteiger partial charge in [-0.25, -0.2) is 0 Å². The molecule has 1 rings (SSSR count). The van der Waals surface area contributed by atoms with Crippen LogP contribution in [-0.2, 0) is 16.1 Å². The second-order valence-corrected chi connectivity index (χ2v) is 3.65. The Labute approximate surface area is 99.4 Å². The van der Waals surface area contributed by atoms with E-state index in [-0.39, 0.29) is 0 Å². The van der Waals surface area contributed by atoms with Gasteiger partial charge in [0.05, 0.1) is 7.11 Å². The predicted octanol–water partition coefficient (Wildman–Crippen LogP) is 1.09. The number of methoxy groups -OCH3 is 1. The van der Waals surface area contributed by atoms with Crippen LogP contribution in [0, 0.1) is 6.92 Å². The minimum absolute atomic E-state index is 0.316. The van der Waals surface area contributed by atoms with E-state index in [9.17, 15) is 9.59 Å². The molecule has 0 heterocycles. The molecule has 1 amide bonds. The number of carbonyl (C=O) groups excluding carboxylic acids is 1. The first kappa shape index (κ1) is 13.0. The zero-order valence-corrected chi connectivity index (χ0v) is 9.82. The molecule has 0 radical (unpaired) electrons. The minimum atomic E-state index is -1.13. The van der Waals surface area contributed by atoms with Crippen LogP contribution < -0.4 is 10.1 Å². The van der Waals surface area contributed by atoms with Gasteiger partial charge in [0.15, 0.2) is 0 Å². The molecule has 1 aromatic rings. The second-order valence-electron chi connectivity index (χ2n) is 3.65. The van der Waals surface area contributed by atoms with E-state index in [1.54, 1.807) is 7.11 Å². The van der Waals surface area contributed by atoms with Crippen LogP contribution in [0.25, 0.3) is 0 Å². The minimum Gasteiger partial charge on any atom is -0.496 e. The van der Waals surface area contributed by atoms with E-state index in [0.717, 1.165) is 16.9 Å². The van der Waals surface area contributed by atoms with Crippen molar-refractivity contribution in [2.24, 2.45) is 0 Å². The molecular formula is C12H15NO4. The fraction of sp³-hybridized carbons (Fsp3) is 0.333. The Bertz CT molecular complexity index is 429. The maximum absolute atomic E-state index is 11.1. The lowest BCUT2D eigenvalue weighted by atomic mass is 10.1. The summed E-state index contributed by atoms with van der Waals surface area (Å²) in [6.07, 6.45) is -0.505. The Kier molecular flexibility index (Phi) is 4.51. The average Bonchev–Trinajstić information content (AvgIpc) is 2.25. The average molecular weight is 237 g/mol. The fourth-order valence-electron chi connectivity index (χ4n) is 1.45. The van der Waals surface area contributed by atoms with Crippen LogP contribution in [0.15, 0.2) is 18.2 Å². The number of carbonyl (C=O) groups is 2. The topological polar surface area (TPSA) is 75.6 Å². The number of nitrogens with one attached hydrogen (secondary N) is 1. The van der Waals surface area contributed by atoms with Crippen molar-refractivity contribution in [3.05, 3.63) is 29.3 Å². The summed E-state index contributed by atoms with van der Waals surface area (Å²) in [5.74, 6) is -0.843. The normalized spacial score (nSPS) is 9.76. The van der Waals surface area contributed by atoms with E-state index in [1.165, 1.54) is 0 Å². The van der Waals surface area contributed by atoms with Crippen molar-refractivity contribution in [1.82, 2.24) is 5.32 Å². The zero-order valence-electron chi connectivity index (χ0n) is 9.82. The van der Waals surface area contributed by atoms with Crippen LogP contribution in [0.4, 0.5) is 0 Å². The molecule has 0 aliphatic carbocycles. The maximum atomic E-state index is 11.1. The van der Waals surface area contributed by atoms with Crippen molar-refractivity contribution >= 4 is 11.9 Å². The van der Waals surface area contributed by atoms with Crippen molar-refractivity contribution in [1.29, 1.82) is 0 Å². The number of aryl methyl sites for hydroxylation is 1. The summed E-state index contributed by atoms with van der Waals surface area (Å²) in [4.78, 5) is 21.4. The summed E-state index contributed by atoms with van der Waals surface area (Å²) in [6.45, 7) is 2.22. The fourth-order valence-corrected chi connectivity index (χ4v) is 1.45. The van der Waals surface area contributed by atoms with Gasteiger partial charge in [0.25, 0.3) is 0 Å². The highest BCUT2D eigenvalue weighted by Crippen LogP contribution is 2.18. The molecule has 17 heavy (non-hydrogen) atoms. The quantitative estimate of drug-likeness (QED) is 0.752. The Morgan fingerprint density at radius 3 is 2.65 bits per heavy atom. The van der Waals surface area contributed by atoms with Crippen LogP contribution in [0.5, 0.6) is 5.75 Å². The van der Waals surface area contributed by atoms with E-state index in [0.29, 0.717) is 6.54 Å². The van der Waals surface area contributed by atoms with Gasteiger partial charge in [0, 0.05) is 6.54 Å². The van der Waals surface area contributed by atoms with Gasteiger partial charge in [0.2, 0.25) is 5.91 Å². The molecule has 92 valence electrons. The number of ether oxygens (including phenoxy) is 1. The van der Waals surface area contributed by atoms with Gasteiger partial charge in [-0.15, -0.1) is 0 Å². The largest absolute Gasteiger partial charge is 0.496 e. The summed E-state index contributed by atoms with van der Waals surface area (Å²) >= 11 is 0. The van der Waals surface area contributed by atoms with Crippen molar-refractivity contribution in [3.8, 4) is 5.75 Å². The first-order valence-electron chi connectivity index (χ1n) is 5.15. The highest BCUT2D eigenvalue weighted by Gasteiger charge is 2.07. The van der Waals surface area contributed by atoms with Gasteiger partial charge >= 0.3 is 5.97 Å². The Hall–Kier alpha value is -2.04. The Balaban J connectivity index is 2.55. The standard InChI is InChI=1S/C12H15NO4/c1-8-5-9(3-4-10(8)17-2)7-13-11(14)6-12(15)16/h3-5H,6-7H2,1-2H3,(H,13,14)(H,15,16). The van der Waals surface area contributed by atoms with Crippen molar-refractivity contribution in [3.63, 3.8) is 0 Å². The van der Waals surface area contributed by atoms with Crippen LogP contribution in [0.3, 0.4) is 0 Å². The van der Waals surface area contributed by atoms with Crippen LogP contribution in [0.2, 0.25) is 0 Å². The molecule has 0 saturated carbocycles. The third-order valence-electron chi connectivity index (χ3n) is 2.26. The molecule has 5 nitrogen and oxygen atoms in total. The molecule has 0 fully saturated rings. The van der Waals surface area contributed by atoms with Crippen LogP contribution in [0.1, 0.15) is 17.5 Å². The van der Waals surface area contributed by atoms with Crippen LogP contribution >= 0.6 is 0 Å². The summed E-state index contributed by atoms with van der Waals surface area (Å²) in [6, 6.07) is 5.53. The molecule has 0 saturated heterocycles. The lowest BCUT2D eigenvalue weighted by Gasteiger charge is -2.08. The van der Waals surface area contributed by atoms with Crippen LogP contribution in [-0.4, -0.2) is 24.1 Å². The van der Waals surface area contributed by atoms with Crippen molar-refractivity contribution in [2.45, 2.75) is 19.9 Å². The molecule has 1 aromatic carbocycles. The SMILES string of the molecule is COc1ccc(CNC(=O)CC(=O)O)cc1C. The number of carboxylic acid groups (broad SMARTS) is 1. The number of aliphatic carboxylic acids is 1. The van der Waals surface area contributed by atoms with Gasteiger partial charge in [-0.3, -0.25) is 9.59 Å². The zero-order chi connectivity index (χ0) is 12.8. The molecule has 0 aliphatic rings. The molecular weight excluding hydrogens is 222 g/mol. The highest BCUT2D eigenvalue weighted by atomic mass is 16.5. The monoisotopic (exact) mass is 237 g/mol. The molecule has 0 atom stereocenters. The van der Waals surface area contributed by atoms with Gasteiger partial charge in [-0.2, -0.15) is 0 Å². The van der Waals surface area contributed by atoms with E-state index in [4.69, 9.17) is 9.84 Å². The first-order valence-corrected chi connectivity index (χ1v) is 5.15. The lowest BCUT2D eigenvalue weighted by molar-refractivity contribution is -0.140. The van der Waals surface area contributed by atoms with Gasteiger partial charge in [-0.1, -0.05) is 12.1 Å². The Morgan fingerprint density at radius 1 is 1.41 bits per heavy atom. The Morgan fingerprint density at radius 2 is 2.12 bits per heavy atom.